The summed E-state index contributed by atoms with van der Waals surface area (Å²) >= 11 is 0. The Labute approximate surface area is 214 Å². The van der Waals surface area contributed by atoms with Gasteiger partial charge in [-0.05, 0) is 0 Å². The van der Waals surface area contributed by atoms with Gasteiger partial charge in [0.25, 0.3) is 0 Å². The van der Waals surface area contributed by atoms with Crippen molar-refractivity contribution < 1.29 is 22.3 Å². The topological polar surface area (TPSA) is 50.5 Å². The number of oxazole rings is 1. The summed E-state index contributed by atoms with van der Waals surface area (Å²) in [5.41, 5.74) is 6.03. The SMILES string of the molecule is B=C(Nc1cccc(-c2cnco2)c1)N1c2cc(-c3cccc(OC(F)(F)F)c3)ccc2CCC[C@H]1C. The second-order valence-corrected chi connectivity index (χ2v) is 9.05. The number of alkyl halides is 3. The number of benzene rings is 3. The van der Waals surface area contributed by atoms with Gasteiger partial charge in [-0.3, -0.25) is 0 Å². The van der Waals surface area contributed by atoms with Crippen molar-refractivity contribution in [3.63, 3.8) is 0 Å². The molecule has 0 spiro atoms. The molecule has 0 aliphatic carbocycles. The summed E-state index contributed by atoms with van der Waals surface area (Å²) in [4.78, 5) is 6.16. The Hall–Kier alpha value is -4.01. The molecule has 9 heteroatoms. The fraction of sp³-hybridized carbons (Fsp3) is 0.214. The molecule has 37 heavy (non-hydrogen) atoms. The number of nitrogens with zero attached hydrogens (tertiary/aromatic N) is 2. The molecule has 0 fully saturated rings. The number of rotatable bonds is 6. The monoisotopic (exact) mass is 503 g/mol. The van der Waals surface area contributed by atoms with Gasteiger partial charge in [0.2, 0.25) is 0 Å². The van der Waals surface area contributed by atoms with Gasteiger partial charge in [0.15, 0.2) is 0 Å². The third kappa shape index (κ3) is 5.71. The van der Waals surface area contributed by atoms with E-state index in [1.54, 1.807) is 18.3 Å². The van der Waals surface area contributed by atoms with Gasteiger partial charge in [0.1, 0.15) is 0 Å². The van der Waals surface area contributed by atoms with Crippen molar-refractivity contribution >= 4 is 24.6 Å². The summed E-state index contributed by atoms with van der Waals surface area (Å²) in [7, 11) is 4.35. The molecular formula is C28H25BF3N3O2. The normalized spacial score (nSPS) is 15.5. The molecule has 1 atom stereocenters. The van der Waals surface area contributed by atoms with E-state index in [1.165, 1.54) is 18.5 Å². The summed E-state index contributed by atoms with van der Waals surface area (Å²) in [5.74, 6) is 0.423. The Morgan fingerprint density at radius 2 is 1.84 bits per heavy atom. The Balaban J connectivity index is 1.46. The molecule has 4 aromatic rings. The number of aromatic nitrogens is 1. The maximum absolute atomic E-state index is 12.8. The van der Waals surface area contributed by atoms with Crippen LogP contribution in [0.5, 0.6) is 5.75 Å². The van der Waals surface area contributed by atoms with Crippen LogP contribution in [-0.4, -0.2) is 30.6 Å². The van der Waals surface area contributed by atoms with E-state index in [-0.39, 0.29) is 11.8 Å². The van der Waals surface area contributed by atoms with Gasteiger partial charge >= 0.3 is 214 Å². The Kier molecular flexibility index (Phi) is 6.78. The molecule has 5 nitrogen and oxygen atoms in total. The quantitative estimate of drug-likeness (QED) is 0.303. The van der Waals surface area contributed by atoms with Crippen LogP contribution >= 0.6 is 0 Å². The van der Waals surface area contributed by atoms with Crippen molar-refractivity contribution in [1.29, 1.82) is 0 Å². The van der Waals surface area contributed by atoms with Crippen molar-refractivity contribution in [3.05, 3.63) is 84.9 Å². The van der Waals surface area contributed by atoms with Crippen LogP contribution in [0.4, 0.5) is 24.5 Å². The minimum atomic E-state index is -4.74. The van der Waals surface area contributed by atoms with Gasteiger partial charge in [0, 0.05) is 0 Å². The third-order valence-electron chi connectivity index (χ3n) is 6.41. The Morgan fingerprint density at radius 3 is 2.62 bits per heavy atom. The van der Waals surface area contributed by atoms with E-state index in [0.29, 0.717) is 17.0 Å². The van der Waals surface area contributed by atoms with E-state index in [0.717, 1.165) is 47.3 Å². The van der Waals surface area contributed by atoms with Crippen LogP contribution in [0.15, 0.2) is 83.7 Å². The van der Waals surface area contributed by atoms with E-state index in [1.807, 2.05) is 42.5 Å². The van der Waals surface area contributed by atoms with E-state index in [4.69, 9.17) is 4.42 Å². The van der Waals surface area contributed by atoms with Gasteiger partial charge in [-0.25, -0.2) is 0 Å². The van der Waals surface area contributed by atoms with Crippen LogP contribution in [0.2, 0.25) is 0 Å². The van der Waals surface area contributed by atoms with Crippen LogP contribution in [-0.2, 0) is 6.42 Å². The van der Waals surface area contributed by atoms with E-state index in [9.17, 15) is 13.2 Å². The average molecular weight is 503 g/mol. The molecule has 3 aromatic carbocycles. The molecule has 1 aromatic heterocycles. The van der Waals surface area contributed by atoms with Crippen molar-refractivity contribution in [3.8, 4) is 28.2 Å². The predicted octanol–water partition coefficient (Wildman–Crippen LogP) is 6.54. The molecule has 0 amide bonds. The molecule has 0 unspecified atom stereocenters. The van der Waals surface area contributed by atoms with Crippen molar-refractivity contribution in [2.24, 2.45) is 0 Å². The molecule has 0 bridgehead atoms. The fourth-order valence-corrected chi connectivity index (χ4v) is 4.75. The van der Waals surface area contributed by atoms with Crippen LogP contribution in [0.25, 0.3) is 22.5 Å². The standard InChI is InChI=1S/C28H25BF3N3O2/c1-18-5-2-6-19-11-12-21(20-7-4-10-24(14-20)37-28(30,31)32)15-25(19)35(18)27(29)34-23-9-3-8-22(13-23)26-16-33-17-36-26/h3-4,7-18,29,34H,2,5-6H2,1H3/t18-/m1/s1. The Bertz CT molecular complexity index is 1410. The maximum atomic E-state index is 12.8. The molecular weight excluding hydrogens is 478 g/mol. The zero-order valence-corrected chi connectivity index (χ0v) is 20.3. The summed E-state index contributed by atoms with van der Waals surface area (Å²) in [6, 6.07) is 20.0. The van der Waals surface area contributed by atoms with Gasteiger partial charge in [-0.2, -0.15) is 0 Å². The number of halogens is 3. The van der Waals surface area contributed by atoms with Crippen molar-refractivity contribution in [2.45, 2.75) is 38.6 Å². The first-order valence-corrected chi connectivity index (χ1v) is 12.0. The first-order valence-electron chi connectivity index (χ1n) is 12.0. The molecule has 1 aliphatic rings. The molecule has 2 heterocycles. The summed E-state index contributed by atoms with van der Waals surface area (Å²) < 4.78 is 47.8. The second-order valence-electron chi connectivity index (χ2n) is 9.05. The number of fused-ring (bicyclic) bond motifs is 1. The van der Waals surface area contributed by atoms with Crippen molar-refractivity contribution in [2.75, 3.05) is 10.2 Å². The average Bonchev–Trinajstić information content (AvgIpc) is 3.34. The zero-order chi connectivity index (χ0) is 26.0. The summed E-state index contributed by atoms with van der Waals surface area (Å²) in [6.45, 7) is 2.15. The van der Waals surface area contributed by atoms with Gasteiger partial charge in [0.05, 0.1) is 0 Å². The number of aryl methyl sites for hydroxylation is 1. The van der Waals surface area contributed by atoms with Crippen LogP contribution < -0.4 is 15.0 Å². The van der Waals surface area contributed by atoms with Gasteiger partial charge < -0.3 is 0 Å². The van der Waals surface area contributed by atoms with Gasteiger partial charge in [-0.1, -0.05) is 0 Å². The molecule has 1 aliphatic heterocycles. The zero-order valence-electron chi connectivity index (χ0n) is 20.3. The van der Waals surface area contributed by atoms with Gasteiger partial charge in [-0.15, -0.1) is 0 Å². The number of nitrogens with one attached hydrogen (secondary N) is 1. The molecule has 188 valence electrons. The predicted molar refractivity (Wildman–Crippen MR) is 141 cm³/mol. The van der Waals surface area contributed by atoms with Crippen LogP contribution in [0.1, 0.15) is 25.3 Å². The van der Waals surface area contributed by atoms with Crippen LogP contribution in [0, 0.1) is 0 Å². The van der Waals surface area contributed by atoms with E-state index < -0.39 is 6.36 Å². The number of hydrogen-bond acceptors (Lipinski definition) is 5. The molecule has 0 saturated heterocycles. The van der Waals surface area contributed by atoms with E-state index in [2.05, 4.69) is 34.3 Å². The number of ether oxygens (including phenoxy) is 1. The molecule has 1 N–H and O–H groups in total. The first-order chi connectivity index (χ1) is 17.8. The van der Waals surface area contributed by atoms with Crippen molar-refractivity contribution in [1.82, 2.24) is 4.98 Å². The number of hydrogen-bond donors (Lipinski definition) is 1. The second kappa shape index (κ2) is 10.2. The fourth-order valence-electron chi connectivity index (χ4n) is 4.75. The Morgan fingerprint density at radius 1 is 1.05 bits per heavy atom. The molecule has 0 radical (unpaired) electrons. The number of anilines is 2. The summed E-state index contributed by atoms with van der Waals surface area (Å²) in [6.07, 6.45) is 1.21. The third-order valence-corrected chi connectivity index (χ3v) is 6.41. The first kappa shape index (κ1) is 24.7. The van der Waals surface area contributed by atoms with E-state index >= 15 is 0 Å². The molecule has 0 saturated carbocycles. The minimum absolute atomic E-state index is 0.161. The summed E-state index contributed by atoms with van der Waals surface area (Å²) in [5, 5.41) is 3.43. The van der Waals surface area contributed by atoms with Crippen LogP contribution in [0.3, 0.4) is 0 Å². The molecule has 5 rings (SSSR count).